The van der Waals surface area contributed by atoms with Crippen molar-refractivity contribution >= 4 is 22.6 Å². The number of amides is 1. The molecule has 6 nitrogen and oxygen atoms in total. The van der Waals surface area contributed by atoms with Crippen LogP contribution in [0.1, 0.15) is 6.92 Å². The van der Waals surface area contributed by atoms with Gasteiger partial charge in [-0.2, -0.15) is 0 Å². The molecular formula is C24H21N3O3. The topological polar surface area (TPSA) is 73.3 Å². The van der Waals surface area contributed by atoms with Crippen molar-refractivity contribution in [1.82, 2.24) is 9.97 Å². The molecule has 1 N–H and O–H groups in total. The second kappa shape index (κ2) is 9.05. The minimum atomic E-state index is -0.258. The summed E-state index contributed by atoms with van der Waals surface area (Å²) in [6.45, 7) is 2.32. The monoisotopic (exact) mass is 399 g/mol. The highest BCUT2D eigenvalue weighted by molar-refractivity contribution is 5.93. The zero-order valence-corrected chi connectivity index (χ0v) is 16.5. The lowest BCUT2D eigenvalue weighted by molar-refractivity contribution is -0.118. The van der Waals surface area contributed by atoms with Crippen LogP contribution in [0.25, 0.3) is 22.3 Å². The zero-order valence-electron chi connectivity index (χ0n) is 16.5. The molecule has 3 aromatic carbocycles. The molecule has 0 saturated carbocycles. The van der Waals surface area contributed by atoms with Crippen molar-refractivity contribution in [1.29, 1.82) is 0 Å². The van der Waals surface area contributed by atoms with Crippen molar-refractivity contribution in [3.8, 4) is 22.8 Å². The minimum absolute atomic E-state index is 0.102. The quantitative estimate of drug-likeness (QED) is 0.487. The van der Waals surface area contributed by atoms with Gasteiger partial charge in [-0.25, -0.2) is 4.98 Å². The van der Waals surface area contributed by atoms with Gasteiger partial charge in [0.25, 0.3) is 5.91 Å². The van der Waals surface area contributed by atoms with Crippen LogP contribution in [0.3, 0.4) is 0 Å². The maximum Gasteiger partial charge on any atom is 0.262 e. The Morgan fingerprint density at radius 2 is 1.63 bits per heavy atom. The zero-order chi connectivity index (χ0) is 20.8. The molecule has 0 aliphatic carbocycles. The van der Waals surface area contributed by atoms with Gasteiger partial charge in [-0.3, -0.25) is 9.78 Å². The highest BCUT2D eigenvalue weighted by Crippen LogP contribution is 2.24. The van der Waals surface area contributed by atoms with Crippen LogP contribution in [0.2, 0.25) is 0 Å². The molecule has 0 aliphatic heterocycles. The van der Waals surface area contributed by atoms with Gasteiger partial charge < -0.3 is 14.8 Å². The molecule has 4 rings (SSSR count). The van der Waals surface area contributed by atoms with Gasteiger partial charge in [0.1, 0.15) is 11.5 Å². The largest absolute Gasteiger partial charge is 0.492 e. The number of fused-ring (bicyclic) bond motifs is 1. The number of benzene rings is 3. The Hall–Kier alpha value is -3.93. The van der Waals surface area contributed by atoms with E-state index in [4.69, 9.17) is 9.47 Å². The van der Waals surface area contributed by atoms with Crippen molar-refractivity contribution in [3.63, 3.8) is 0 Å². The summed E-state index contributed by atoms with van der Waals surface area (Å²) in [6, 6.07) is 22.5. The average Bonchev–Trinajstić information content (AvgIpc) is 2.79. The maximum atomic E-state index is 12.2. The standard InChI is InChI=1S/C24H21N3O3/c1-2-29-23-10-6-5-9-21(23)27-24(28)16-30-18-13-11-17(12-14-18)22-15-25-19-7-3-4-8-20(19)26-22/h3-15H,2,16H2,1H3,(H,27,28). The SMILES string of the molecule is CCOc1ccccc1NC(=O)COc1ccc(-c2cnc3ccccc3n2)cc1. The van der Waals surface area contributed by atoms with Crippen molar-refractivity contribution < 1.29 is 14.3 Å². The van der Waals surface area contributed by atoms with Crippen LogP contribution >= 0.6 is 0 Å². The third-order valence-electron chi connectivity index (χ3n) is 4.43. The van der Waals surface area contributed by atoms with Crippen molar-refractivity contribution in [2.24, 2.45) is 0 Å². The van der Waals surface area contributed by atoms with Crippen LogP contribution < -0.4 is 14.8 Å². The first-order valence-electron chi connectivity index (χ1n) is 9.69. The fraction of sp³-hybridized carbons (Fsp3) is 0.125. The van der Waals surface area contributed by atoms with E-state index < -0.39 is 0 Å². The fourth-order valence-corrected chi connectivity index (χ4v) is 3.00. The van der Waals surface area contributed by atoms with Gasteiger partial charge in [-0.05, 0) is 55.5 Å². The Morgan fingerprint density at radius 1 is 0.900 bits per heavy atom. The predicted molar refractivity (Wildman–Crippen MR) is 117 cm³/mol. The van der Waals surface area contributed by atoms with E-state index >= 15 is 0 Å². The molecule has 0 aliphatic rings. The number of rotatable bonds is 7. The number of hydrogen-bond donors (Lipinski definition) is 1. The van der Waals surface area contributed by atoms with Crippen LogP contribution in [-0.2, 0) is 4.79 Å². The van der Waals surface area contributed by atoms with E-state index in [1.54, 1.807) is 12.3 Å². The molecule has 30 heavy (non-hydrogen) atoms. The van der Waals surface area contributed by atoms with E-state index in [1.165, 1.54) is 0 Å². The molecule has 1 heterocycles. The predicted octanol–water partition coefficient (Wildman–Crippen LogP) is 4.71. The second-order valence-corrected chi connectivity index (χ2v) is 6.53. The Labute approximate surface area is 174 Å². The number of nitrogens with one attached hydrogen (secondary N) is 1. The molecule has 0 atom stereocenters. The van der Waals surface area contributed by atoms with Gasteiger partial charge in [-0.1, -0.05) is 24.3 Å². The molecular weight excluding hydrogens is 378 g/mol. The molecule has 4 aromatic rings. The Balaban J connectivity index is 1.38. The van der Waals surface area contributed by atoms with Gasteiger partial charge in [0.2, 0.25) is 0 Å². The van der Waals surface area contributed by atoms with Gasteiger partial charge in [0.05, 0.1) is 35.2 Å². The first-order valence-corrected chi connectivity index (χ1v) is 9.69. The van der Waals surface area contributed by atoms with E-state index in [2.05, 4.69) is 15.3 Å². The van der Waals surface area contributed by atoms with E-state index in [0.717, 1.165) is 22.3 Å². The van der Waals surface area contributed by atoms with Gasteiger partial charge >= 0.3 is 0 Å². The lowest BCUT2D eigenvalue weighted by Gasteiger charge is -2.12. The average molecular weight is 399 g/mol. The lowest BCUT2D eigenvalue weighted by atomic mass is 10.1. The molecule has 0 spiro atoms. The Kier molecular flexibility index (Phi) is 5.85. The molecule has 6 heteroatoms. The molecule has 0 radical (unpaired) electrons. The van der Waals surface area contributed by atoms with E-state index in [-0.39, 0.29) is 12.5 Å². The third-order valence-corrected chi connectivity index (χ3v) is 4.43. The summed E-state index contributed by atoms with van der Waals surface area (Å²) < 4.78 is 11.1. The van der Waals surface area contributed by atoms with Crippen LogP contribution in [0.5, 0.6) is 11.5 Å². The van der Waals surface area contributed by atoms with Gasteiger partial charge in [0, 0.05) is 5.56 Å². The fourth-order valence-electron chi connectivity index (χ4n) is 3.00. The smallest absolute Gasteiger partial charge is 0.262 e. The molecule has 1 aromatic heterocycles. The summed E-state index contributed by atoms with van der Waals surface area (Å²) in [4.78, 5) is 21.3. The maximum absolute atomic E-state index is 12.2. The lowest BCUT2D eigenvalue weighted by Crippen LogP contribution is -2.20. The summed E-state index contributed by atoms with van der Waals surface area (Å²) >= 11 is 0. The van der Waals surface area contributed by atoms with E-state index in [9.17, 15) is 4.79 Å². The number of hydrogen-bond acceptors (Lipinski definition) is 5. The van der Waals surface area contributed by atoms with Crippen molar-refractivity contribution in [3.05, 3.63) is 79.0 Å². The van der Waals surface area contributed by atoms with Crippen LogP contribution in [0.4, 0.5) is 5.69 Å². The molecule has 150 valence electrons. The summed E-state index contributed by atoms with van der Waals surface area (Å²) in [5.41, 5.74) is 4.04. The molecule has 0 bridgehead atoms. The minimum Gasteiger partial charge on any atom is -0.492 e. The van der Waals surface area contributed by atoms with Crippen molar-refractivity contribution in [2.45, 2.75) is 6.92 Å². The first kappa shape index (κ1) is 19.4. The van der Waals surface area contributed by atoms with Crippen LogP contribution in [0, 0.1) is 0 Å². The summed E-state index contributed by atoms with van der Waals surface area (Å²) in [5.74, 6) is 0.974. The van der Waals surface area contributed by atoms with E-state index in [1.807, 2.05) is 73.7 Å². The number of carbonyl (C=O) groups excluding carboxylic acids is 1. The Bertz CT molecular complexity index is 1160. The molecule has 1 amide bonds. The molecule has 0 fully saturated rings. The molecule has 0 unspecified atom stereocenters. The first-order chi connectivity index (χ1) is 14.7. The number of aromatic nitrogens is 2. The highest BCUT2D eigenvalue weighted by atomic mass is 16.5. The number of nitrogens with zero attached hydrogens (tertiary/aromatic N) is 2. The van der Waals surface area contributed by atoms with E-state index in [0.29, 0.717) is 23.8 Å². The number of ether oxygens (including phenoxy) is 2. The van der Waals surface area contributed by atoms with Gasteiger partial charge in [0.15, 0.2) is 6.61 Å². The normalized spacial score (nSPS) is 10.6. The second-order valence-electron chi connectivity index (χ2n) is 6.53. The highest BCUT2D eigenvalue weighted by Gasteiger charge is 2.09. The number of anilines is 1. The summed E-state index contributed by atoms with van der Waals surface area (Å²) in [7, 11) is 0. The Morgan fingerprint density at radius 3 is 2.43 bits per heavy atom. The van der Waals surface area contributed by atoms with Crippen LogP contribution in [-0.4, -0.2) is 29.1 Å². The molecule has 0 saturated heterocycles. The number of carbonyl (C=O) groups is 1. The third kappa shape index (κ3) is 4.55. The van der Waals surface area contributed by atoms with Crippen molar-refractivity contribution in [2.75, 3.05) is 18.5 Å². The van der Waals surface area contributed by atoms with Gasteiger partial charge in [-0.15, -0.1) is 0 Å². The number of para-hydroxylation sites is 4. The summed E-state index contributed by atoms with van der Waals surface area (Å²) in [6.07, 6.45) is 1.75. The summed E-state index contributed by atoms with van der Waals surface area (Å²) in [5, 5.41) is 2.81. The van der Waals surface area contributed by atoms with Crippen LogP contribution in [0.15, 0.2) is 79.0 Å².